The third kappa shape index (κ3) is 5.62. The lowest BCUT2D eigenvalue weighted by atomic mass is 10.0. The second-order valence-corrected chi connectivity index (χ2v) is 7.36. The van der Waals surface area contributed by atoms with E-state index in [0.29, 0.717) is 23.6 Å². The van der Waals surface area contributed by atoms with Gasteiger partial charge in [-0.25, -0.2) is 9.97 Å². The molecule has 1 aromatic rings. The molecule has 0 bridgehead atoms. The van der Waals surface area contributed by atoms with Crippen LogP contribution in [-0.4, -0.2) is 59.2 Å². The summed E-state index contributed by atoms with van der Waals surface area (Å²) in [5, 5.41) is 0.542. The molecule has 1 aromatic heterocycles. The summed E-state index contributed by atoms with van der Waals surface area (Å²) in [5.74, 6) is 0.533. The van der Waals surface area contributed by atoms with Gasteiger partial charge in [-0.05, 0) is 40.7 Å². The maximum atomic E-state index is 11.9. The zero-order valence-corrected chi connectivity index (χ0v) is 15.0. The van der Waals surface area contributed by atoms with Crippen molar-refractivity contribution in [3.05, 3.63) is 17.4 Å². The summed E-state index contributed by atoms with van der Waals surface area (Å²) in [5.41, 5.74) is -0.437. The van der Waals surface area contributed by atoms with Crippen LogP contribution in [0.5, 0.6) is 0 Å². The van der Waals surface area contributed by atoms with Crippen molar-refractivity contribution in [3.8, 4) is 0 Å². The Balaban J connectivity index is 1.81. The predicted molar refractivity (Wildman–Crippen MR) is 90.8 cm³/mol. The van der Waals surface area contributed by atoms with Gasteiger partial charge < -0.3 is 9.64 Å². The fraction of sp³-hybridized carbons (Fsp3) is 0.688. The van der Waals surface area contributed by atoms with Crippen molar-refractivity contribution in [2.45, 2.75) is 45.3 Å². The summed E-state index contributed by atoms with van der Waals surface area (Å²) >= 11 is 5.82. The summed E-state index contributed by atoms with van der Waals surface area (Å²) < 4.78 is 5.38. The van der Waals surface area contributed by atoms with E-state index in [1.54, 1.807) is 12.4 Å². The van der Waals surface area contributed by atoms with Gasteiger partial charge in [0.15, 0.2) is 0 Å². The van der Waals surface area contributed by atoms with Crippen LogP contribution in [0.25, 0.3) is 0 Å². The Bertz CT molecular complexity index is 522. The van der Waals surface area contributed by atoms with Gasteiger partial charge in [0.05, 0.1) is 24.0 Å². The molecule has 1 aliphatic heterocycles. The Labute approximate surface area is 142 Å². The molecule has 0 aliphatic carbocycles. The minimum absolute atomic E-state index is 0.177. The highest BCUT2D eigenvalue weighted by molar-refractivity contribution is 6.30. The molecule has 7 heteroatoms. The molecule has 0 amide bonds. The van der Waals surface area contributed by atoms with E-state index in [2.05, 4.69) is 19.8 Å². The molecule has 6 nitrogen and oxygen atoms in total. The van der Waals surface area contributed by atoms with Crippen molar-refractivity contribution in [1.29, 1.82) is 0 Å². The van der Waals surface area contributed by atoms with Gasteiger partial charge in [0.1, 0.15) is 5.60 Å². The minimum atomic E-state index is -0.437. The number of hydrogen-bond donors (Lipinski definition) is 0. The van der Waals surface area contributed by atoms with Crippen LogP contribution in [-0.2, 0) is 9.53 Å². The molecule has 2 heterocycles. The van der Waals surface area contributed by atoms with E-state index >= 15 is 0 Å². The highest BCUT2D eigenvalue weighted by Crippen LogP contribution is 2.20. The molecule has 1 saturated heterocycles. The molecule has 2 rings (SSSR count). The maximum Gasteiger partial charge on any atom is 0.320 e. The number of piperidine rings is 1. The van der Waals surface area contributed by atoms with Gasteiger partial charge in [-0.2, -0.15) is 0 Å². The maximum absolute atomic E-state index is 11.9. The molecule has 0 atom stereocenters. The highest BCUT2D eigenvalue weighted by atomic mass is 35.5. The molecule has 0 unspecified atom stereocenters. The van der Waals surface area contributed by atoms with Gasteiger partial charge in [0.25, 0.3) is 0 Å². The Kier molecular flexibility index (Phi) is 5.81. The number of rotatable bonds is 4. The highest BCUT2D eigenvalue weighted by Gasteiger charge is 2.26. The molecular formula is C16H25ClN4O2. The molecule has 0 saturated carbocycles. The first-order valence-electron chi connectivity index (χ1n) is 7.89. The first-order chi connectivity index (χ1) is 10.7. The monoisotopic (exact) mass is 340 g/mol. The van der Waals surface area contributed by atoms with Gasteiger partial charge in [-0.15, -0.1) is 0 Å². The number of ether oxygens (including phenoxy) is 1. The Hall–Kier alpha value is -1.40. The van der Waals surface area contributed by atoms with Crippen LogP contribution in [0.3, 0.4) is 0 Å². The lowest BCUT2D eigenvalue weighted by Crippen LogP contribution is -2.46. The molecule has 0 N–H and O–H groups in total. The fourth-order valence-electron chi connectivity index (χ4n) is 2.68. The average Bonchev–Trinajstić information content (AvgIpc) is 2.46. The second kappa shape index (κ2) is 7.45. The number of esters is 1. The van der Waals surface area contributed by atoms with Crippen LogP contribution in [0.1, 0.15) is 33.6 Å². The number of likely N-dealkylation sites (N-methyl/N-ethyl adjacent to an activating group) is 1. The predicted octanol–water partition coefficient (Wildman–Crippen LogP) is 2.37. The van der Waals surface area contributed by atoms with Crippen LogP contribution >= 0.6 is 11.6 Å². The van der Waals surface area contributed by atoms with Crippen LogP contribution in [0.2, 0.25) is 5.02 Å². The van der Waals surface area contributed by atoms with E-state index in [0.717, 1.165) is 25.9 Å². The van der Waals surface area contributed by atoms with Crippen molar-refractivity contribution >= 4 is 23.5 Å². The number of anilines is 1. The van der Waals surface area contributed by atoms with Gasteiger partial charge in [0.2, 0.25) is 5.95 Å². The van der Waals surface area contributed by atoms with Crippen molar-refractivity contribution in [2.75, 3.05) is 31.6 Å². The lowest BCUT2D eigenvalue weighted by molar-refractivity contribution is -0.156. The number of nitrogens with zero attached hydrogens (tertiary/aromatic N) is 4. The SMILES string of the molecule is CN(CC(=O)OC(C)(C)C)C1CCN(c2ncc(Cl)cn2)CC1. The summed E-state index contributed by atoms with van der Waals surface area (Å²) in [6, 6.07) is 0.367. The molecular weight excluding hydrogens is 316 g/mol. The molecule has 0 aromatic carbocycles. The van der Waals surface area contributed by atoms with Crippen molar-refractivity contribution in [3.63, 3.8) is 0 Å². The van der Waals surface area contributed by atoms with Crippen molar-refractivity contribution in [1.82, 2.24) is 14.9 Å². The lowest BCUT2D eigenvalue weighted by Gasteiger charge is -2.36. The minimum Gasteiger partial charge on any atom is -0.459 e. The number of halogens is 1. The molecule has 0 radical (unpaired) electrons. The van der Waals surface area contributed by atoms with Gasteiger partial charge in [0, 0.05) is 19.1 Å². The van der Waals surface area contributed by atoms with Crippen LogP contribution in [0.15, 0.2) is 12.4 Å². The first kappa shape index (κ1) is 17.9. The summed E-state index contributed by atoms with van der Waals surface area (Å²) in [6.45, 7) is 7.70. The van der Waals surface area contributed by atoms with Gasteiger partial charge >= 0.3 is 5.97 Å². The van der Waals surface area contributed by atoms with Crippen LogP contribution in [0.4, 0.5) is 5.95 Å². The number of carbonyl (C=O) groups is 1. The zero-order valence-electron chi connectivity index (χ0n) is 14.3. The van der Waals surface area contributed by atoms with E-state index in [9.17, 15) is 4.79 Å². The average molecular weight is 341 g/mol. The zero-order chi connectivity index (χ0) is 17.0. The van der Waals surface area contributed by atoms with Crippen molar-refractivity contribution < 1.29 is 9.53 Å². The largest absolute Gasteiger partial charge is 0.459 e. The molecule has 23 heavy (non-hydrogen) atoms. The topological polar surface area (TPSA) is 58.6 Å². The first-order valence-corrected chi connectivity index (χ1v) is 8.27. The summed E-state index contributed by atoms with van der Waals surface area (Å²) in [7, 11) is 1.98. The van der Waals surface area contributed by atoms with E-state index in [4.69, 9.17) is 16.3 Å². The van der Waals surface area contributed by atoms with Crippen molar-refractivity contribution in [2.24, 2.45) is 0 Å². The van der Waals surface area contributed by atoms with Crippen LogP contribution in [0, 0.1) is 0 Å². The third-order valence-electron chi connectivity index (χ3n) is 3.78. The standard InChI is InChI=1S/C16H25ClN4O2/c1-16(2,3)23-14(22)11-20(4)13-5-7-21(8-6-13)15-18-9-12(17)10-19-15/h9-10,13H,5-8,11H2,1-4H3. The van der Waals surface area contributed by atoms with E-state index < -0.39 is 5.60 Å². The smallest absolute Gasteiger partial charge is 0.320 e. The normalized spacial score (nSPS) is 16.7. The van der Waals surface area contributed by atoms with E-state index in [-0.39, 0.29) is 5.97 Å². The summed E-state index contributed by atoms with van der Waals surface area (Å²) in [6.07, 6.45) is 5.16. The second-order valence-electron chi connectivity index (χ2n) is 6.92. The molecule has 1 aliphatic rings. The van der Waals surface area contributed by atoms with E-state index in [1.807, 2.05) is 27.8 Å². The van der Waals surface area contributed by atoms with Gasteiger partial charge in [-0.1, -0.05) is 11.6 Å². The van der Waals surface area contributed by atoms with E-state index in [1.165, 1.54) is 0 Å². The number of hydrogen-bond acceptors (Lipinski definition) is 6. The molecule has 1 fully saturated rings. The third-order valence-corrected chi connectivity index (χ3v) is 3.97. The Morgan fingerprint density at radius 2 is 1.91 bits per heavy atom. The number of carbonyl (C=O) groups excluding carboxylic acids is 1. The fourth-order valence-corrected chi connectivity index (χ4v) is 2.78. The number of aromatic nitrogens is 2. The quantitative estimate of drug-likeness (QED) is 0.784. The summed E-state index contributed by atoms with van der Waals surface area (Å²) in [4.78, 5) is 24.7. The molecule has 0 spiro atoms. The Morgan fingerprint density at radius 1 is 1.35 bits per heavy atom. The van der Waals surface area contributed by atoms with Gasteiger partial charge in [-0.3, -0.25) is 9.69 Å². The van der Waals surface area contributed by atoms with Crippen LogP contribution < -0.4 is 4.90 Å². The Morgan fingerprint density at radius 3 is 2.43 bits per heavy atom. The molecule has 128 valence electrons.